The van der Waals surface area contributed by atoms with Gasteiger partial charge in [0.15, 0.2) is 0 Å². The number of aromatic amines is 1. The van der Waals surface area contributed by atoms with Crippen molar-refractivity contribution in [1.29, 1.82) is 0 Å². The Balaban J connectivity index is 2.41. The van der Waals surface area contributed by atoms with E-state index in [0.717, 1.165) is 11.3 Å². The van der Waals surface area contributed by atoms with Gasteiger partial charge in [-0.3, -0.25) is 0 Å². The smallest absolute Gasteiger partial charge is 0.133 e. The molecular formula is C10H8ClNO. The third-order valence-electron chi connectivity index (χ3n) is 1.82. The van der Waals surface area contributed by atoms with Crippen LogP contribution in [0.3, 0.4) is 0 Å². The van der Waals surface area contributed by atoms with Crippen LogP contribution in [0.1, 0.15) is 0 Å². The lowest BCUT2D eigenvalue weighted by atomic mass is 10.2. The second kappa shape index (κ2) is 3.15. The van der Waals surface area contributed by atoms with Crippen molar-refractivity contribution in [2.75, 3.05) is 0 Å². The first-order valence-corrected chi connectivity index (χ1v) is 4.27. The quantitative estimate of drug-likeness (QED) is 0.718. The molecule has 0 aliphatic heterocycles. The molecule has 0 aliphatic rings. The van der Waals surface area contributed by atoms with E-state index in [4.69, 9.17) is 16.7 Å². The highest BCUT2D eigenvalue weighted by Gasteiger charge is 1.99. The lowest BCUT2D eigenvalue weighted by molar-refractivity contribution is 0.476. The van der Waals surface area contributed by atoms with E-state index in [9.17, 15) is 0 Å². The van der Waals surface area contributed by atoms with Crippen LogP contribution < -0.4 is 0 Å². The summed E-state index contributed by atoms with van der Waals surface area (Å²) < 4.78 is 0. The van der Waals surface area contributed by atoms with Crippen LogP contribution in [0.5, 0.6) is 5.75 Å². The second-order valence-electron chi connectivity index (χ2n) is 2.78. The van der Waals surface area contributed by atoms with Gasteiger partial charge >= 0.3 is 0 Å². The predicted molar refractivity (Wildman–Crippen MR) is 52.9 cm³/mol. The normalized spacial score (nSPS) is 10.2. The molecule has 0 fully saturated rings. The van der Waals surface area contributed by atoms with Crippen molar-refractivity contribution >= 4 is 11.6 Å². The first kappa shape index (κ1) is 8.20. The molecule has 13 heavy (non-hydrogen) atoms. The van der Waals surface area contributed by atoms with Gasteiger partial charge in [0.25, 0.3) is 0 Å². The van der Waals surface area contributed by atoms with Gasteiger partial charge in [-0.05, 0) is 17.7 Å². The molecule has 0 amide bonds. The number of aromatic nitrogens is 1. The van der Waals surface area contributed by atoms with Crippen molar-refractivity contribution in [3.63, 3.8) is 0 Å². The van der Waals surface area contributed by atoms with E-state index in [0.29, 0.717) is 5.02 Å². The summed E-state index contributed by atoms with van der Waals surface area (Å²) in [5.74, 6) is 0.241. The van der Waals surface area contributed by atoms with Gasteiger partial charge in [-0.25, -0.2) is 0 Å². The highest BCUT2D eigenvalue weighted by Crippen LogP contribution is 2.23. The lowest BCUT2D eigenvalue weighted by Gasteiger charge is -1.96. The number of hydrogen-bond donors (Lipinski definition) is 2. The molecule has 0 saturated carbocycles. The topological polar surface area (TPSA) is 36.0 Å². The zero-order chi connectivity index (χ0) is 9.26. The van der Waals surface area contributed by atoms with E-state index in [2.05, 4.69) is 4.98 Å². The molecule has 3 heteroatoms. The van der Waals surface area contributed by atoms with Gasteiger partial charge in [0.2, 0.25) is 0 Å². The molecule has 0 radical (unpaired) electrons. The van der Waals surface area contributed by atoms with E-state index < -0.39 is 0 Å². The molecule has 66 valence electrons. The molecular weight excluding hydrogens is 186 g/mol. The summed E-state index contributed by atoms with van der Waals surface area (Å²) in [6, 6.07) is 9.09. The summed E-state index contributed by atoms with van der Waals surface area (Å²) in [7, 11) is 0. The summed E-state index contributed by atoms with van der Waals surface area (Å²) in [6.07, 6.45) is 1.55. The Morgan fingerprint density at radius 1 is 1.15 bits per heavy atom. The third-order valence-corrected chi connectivity index (χ3v) is 2.07. The number of H-pyrrole nitrogens is 1. The van der Waals surface area contributed by atoms with E-state index >= 15 is 0 Å². The minimum atomic E-state index is 0.241. The Hall–Kier alpha value is -1.41. The summed E-state index contributed by atoms with van der Waals surface area (Å²) in [5.41, 5.74) is 1.89. The van der Waals surface area contributed by atoms with Crippen LogP contribution in [0.4, 0.5) is 0 Å². The minimum Gasteiger partial charge on any atom is -0.506 e. The van der Waals surface area contributed by atoms with E-state index in [1.165, 1.54) is 0 Å². The first-order chi connectivity index (χ1) is 6.25. The number of benzene rings is 1. The summed E-state index contributed by atoms with van der Waals surface area (Å²) in [5, 5.41) is 9.82. The molecule has 2 rings (SSSR count). The lowest BCUT2D eigenvalue weighted by Crippen LogP contribution is -1.74. The molecule has 0 unspecified atom stereocenters. The highest BCUT2D eigenvalue weighted by molar-refractivity contribution is 6.30. The van der Waals surface area contributed by atoms with Crippen LogP contribution in [0.25, 0.3) is 11.3 Å². The van der Waals surface area contributed by atoms with Crippen LogP contribution in [-0.4, -0.2) is 10.1 Å². The van der Waals surface area contributed by atoms with Crippen LogP contribution in [0.2, 0.25) is 5.02 Å². The molecule has 0 atom stereocenters. The van der Waals surface area contributed by atoms with Gasteiger partial charge in [-0.2, -0.15) is 0 Å². The van der Waals surface area contributed by atoms with Gasteiger partial charge in [-0.1, -0.05) is 23.7 Å². The standard InChI is InChI=1S/C10H8ClNO/c11-8-3-1-7(2-4-8)10-5-9(13)6-12-10/h1-6,12-13H. The number of halogens is 1. The molecule has 2 aromatic rings. The van der Waals surface area contributed by atoms with Crippen molar-refractivity contribution in [2.45, 2.75) is 0 Å². The Bertz CT molecular complexity index is 405. The Labute approximate surface area is 80.8 Å². The predicted octanol–water partition coefficient (Wildman–Crippen LogP) is 3.04. The van der Waals surface area contributed by atoms with E-state index in [1.54, 1.807) is 12.3 Å². The first-order valence-electron chi connectivity index (χ1n) is 3.89. The molecule has 0 saturated heterocycles. The maximum absolute atomic E-state index is 9.11. The van der Waals surface area contributed by atoms with Crippen molar-refractivity contribution in [2.24, 2.45) is 0 Å². The van der Waals surface area contributed by atoms with Crippen LogP contribution in [0, 0.1) is 0 Å². The molecule has 2 nitrogen and oxygen atoms in total. The monoisotopic (exact) mass is 193 g/mol. The van der Waals surface area contributed by atoms with Crippen molar-refractivity contribution in [3.05, 3.63) is 41.6 Å². The maximum atomic E-state index is 9.11. The van der Waals surface area contributed by atoms with Crippen molar-refractivity contribution < 1.29 is 5.11 Å². The van der Waals surface area contributed by atoms with E-state index in [1.807, 2.05) is 24.3 Å². The number of rotatable bonds is 1. The number of aromatic hydroxyl groups is 1. The van der Waals surface area contributed by atoms with Gasteiger partial charge in [0.1, 0.15) is 5.75 Å². The van der Waals surface area contributed by atoms with Crippen LogP contribution >= 0.6 is 11.6 Å². The van der Waals surface area contributed by atoms with Crippen LogP contribution in [0.15, 0.2) is 36.5 Å². The number of hydrogen-bond acceptors (Lipinski definition) is 1. The summed E-state index contributed by atoms with van der Waals surface area (Å²) >= 11 is 5.74. The van der Waals surface area contributed by atoms with Crippen molar-refractivity contribution in [3.8, 4) is 17.0 Å². The average Bonchev–Trinajstić information content (AvgIpc) is 2.53. The fraction of sp³-hybridized carbons (Fsp3) is 0. The molecule has 1 aromatic heterocycles. The van der Waals surface area contributed by atoms with Crippen LogP contribution in [-0.2, 0) is 0 Å². The van der Waals surface area contributed by atoms with Gasteiger partial charge < -0.3 is 10.1 Å². The fourth-order valence-corrected chi connectivity index (χ4v) is 1.31. The fourth-order valence-electron chi connectivity index (χ4n) is 1.18. The average molecular weight is 194 g/mol. The minimum absolute atomic E-state index is 0.241. The van der Waals surface area contributed by atoms with Gasteiger partial charge in [0, 0.05) is 23.0 Å². The highest BCUT2D eigenvalue weighted by atomic mass is 35.5. The SMILES string of the molecule is Oc1c[nH]c(-c2ccc(Cl)cc2)c1. The van der Waals surface area contributed by atoms with Crippen molar-refractivity contribution in [1.82, 2.24) is 4.98 Å². The van der Waals surface area contributed by atoms with Gasteiger partial charge in [-0.15, -0.1) is 0 Å². The maximum Gasteiger partial charge on any atom is 0.133 e. The van der Waals surface area contributed by atoms with E-state index in [-0.39, 0.29) is 5.75 Å². The van der Waals surface area contributed by atoms with Gasteiger partial charge in [0.05, 0.1) is 0 Å². The molecule has 1 heterocycles. The Morgan fingerprint density at radius 3 is 2.38 bits per heavy atom. The molecule has 1 aromatic carbocycles. The Morgan fingerprint density at radius 2 is 1.85 bits per heavy atom. The molecule has 0 aliphatic carbocycles. The summed E-state index contributed by atoms with van der Waals surface area (Å²) in [4.78, 5) is 2.95. The largest absolute Gasteiger partial charge is 0.506 e. The second-order valence-corrected chi connectivity index (χ2v) is 3.21. The zero-order valence-corrected chi connectivity index (χ0v) is 7.55. The Kier molecular flexibility index (Phi) is 1.99. The molecule has 0 bridgehead atoms. The third kappa shape index (κ3) is 1.68. The molecule has 2 N–H and O–H groups in total. The zero-order valence-electron chi connectivity index (χ0n) is 6.79. The summed E-state index contributed by atoms with van der Waals surface area (Å²) in [6.45, 7) is 0. The number of nitrogens with one attached hydrogen (secondary N) is 1. The molecule has 0 spiro atoms.